The third kappa shape index (κ3) is 11.2. The van der Waals surface area contributed by atoms with Gasteiger partial charge in [0.2, 0.25) is 5.95 Å². The van der Waals surface area contributed by atoms with Gasteiger partial charge in [0.25, 0.3) is 0 Å². The average molecular weight is 609 g/mol. The fraction of sp³-hybridized carbons (Fsp3) is 0.867. The van der Waals surface area contributed by atoms with Crippen LogP contribution < -0.4 is 26.6 Å². The minimum absolute atomic E-state index is 0.0685. The number of piperazine rings is 1. The summed E-state index contributed by atoms with van der Waals surface area (Å²) in [7, 11) is -3.96. The molecule has 240 valence electrons. The van der Waals surface area contributed by atoms with Crippen molar-refractivity contribution in [1.82, 2.24) is 25.5 Å². The highest BCUT2D eigenvalue weighted by molar-refractivity contribution is 7.51. The van der Waals surface area contributed by atoms with Crippen LogP contribution in [0.3, 0.4) is 0 Å². The molecule has 3 aliphatic rings. The lowest BCUT2D eigenvalue weighted by Crippen LogP contribution is -2.57. The molecule has 2 saturated carbocycles. The molecule has 1 aromatic rings. The summed E-state index contributed by atoms with van der Waals surface area (Å²) in [6.07, 6.45) is 13.6. The Kier molecular flexibility index (Phi) is 13.2. The number of nitrogens with two attached hydrogens (primary N) is 1. The molecule has 2 unspecified atom stereocenters. The first kappa shape index (κ1) is 33.4. The molecule has 3 fully saturated rings. The second-order valence-corrected chi connectivity index (χ2v) is 14.9. The molecule has 0 amide bonds. The molecule has 7 N–H and O–H groups in total. The maximum atomic E-state index is 11.2. The van der Waals surface area contributed by atoms with Crippen LogP contribution in [0.1, 0.15) is 84.5 Å². The molecule has 1 aliphatic heterocycles. The van der Waals surface area contributed by atoms with Gasteiger partial charge in [-0.05, 0) is 103 Å². The molecule has 12 heteroatoms. The van der Waals surface area contributed by atoms with Gasteiger partial charge < -0.3 is 36.4 Å². The van der Waals surface area contributed by atoms with Gasteiger partial charge in [0, 0.05) is 43.8 Å². The zero-order chi connectivity index (χ0) is 30.0. The van der Waals surface area contributed by atoms with E-state index in [0.29, 0.717) is 30.6 Å². The molecule has 2 aliphatic carbocycles. The monoisotopic (exact) mass is 608 g/mol. The summed E-state index contributed by atoms with van der Waals surface area (Å²) < 4.78 is 11.2. The van der Waals surface area contributed by atoms with Crippen molar-refractivity contribution in [3.05, 3.63) is 6.07 Å². The highest BCUT2D eigenvalue weighted by atomic mass is 31.2. The quantitative estimate of drug-likeness (QED) is 0.128. The van der Waals surface area contributed by atoms with Gasteiger partial charge in [-0.2, -0.15) is 9.97 Å². The molecule has 0 bridgehead atoms. The maximum absolute atomic E-state index is 11.2. The minimum atomic E-state index is -3.96. The lowest BCUT2D eigenvalue weighted by atomic mass is 9.82. The number of anilines is 3. The number of nitrogen functional groups attached to an aromatic ring is 1. The van der Waals surface area contributed by atoms with Crippen molar-refractivity contribution in [2.75, 3.05) is 67.9 Å². The lowest BCUT2D eigenvalue weighted by molar-refractivity contribution is 0.131. The van der Waals surface area contributed by atoms with E-state index in [1.165, 1.54) is 64.2 Å². The summed E-state index contributed by atoms with van der Waals surface area (Å²) in [4.78, 5) is 32.3. The Labute approximate surface area is 253 Å². The van der Waals surface area contributed by atoms with Crippen LogP contribution >= 0.6 is 7.60 Å². The molecule has 0 spiro atoms. The van der Waals surface area contributed by atoms with Crippen LogP contribution in [0.25, 0.3) is 0 Å². The second-order valence-electron chi connectivity index (χ2n) is 13.2. The normalized spacial score (nSPS) is 26.4. The molecule has 2 atom stereocenters. The number of hydrogen-bond donors (Lipinski definition) is 6. The molecule has 4 rings (SSSR count). The van der Waals surface area contributed by atoms with Crippen molar-refractivity contribution < 1.29 is 14.4 Å². The summed E-state index contributed by atoms with van der Waals surface area (Å²) in [5.74, 6) is 3.31. The van der Waals surface area contributed by atoms with Gasteiger partial charge in [-0.15, -0.1) is 0 Å². The molecule has 42 heavy (non-hydrogen) atoms. The van der Waals surface area contributed by atoms with Gasteiger partial charge in [0.05, 0.1) is 6.16 Å². The molecule has 0 aromatic carbocycles. The zero-order valence-corrected chi connectivity index (χ0v) is 26.9. The number of rotatable bonds is 15. The predicted octanol–water partition coefficient (Wildman–Crippen LogP) is 3.65. The van der Waals surface area contributed by atoms with E-state index < -0.39 is 7.60 Å². The van der Waals surface area contributed by atoms with E-state index in [0.717, 1.165) is 57.0 Å². The van der Waals surface area contributed by atoms with Crippen molar-refractivity contribution >= 4 is 25.2 Å². The third-order valence-corrected chi connectivity index (χ3v) is 10.4. The van der Waals surface area contributed by atoms with Gasteiger partial charge in [0.1, 0.15) is 11.6 Å². The van der Waals surface area contributed by atoms with Crippen LogP contribution in [0.5, 0.6) is 0 Å². The Morgan fingerprint density at radius 2 is 1.60 bits per heavy atom. The number of hydrogen-bond acceptors (Lipinski definition) is 9. The van der Waals surface area contributed by atoms with Crippen LogP contribution in [0.4, 0.5) is 17.6 Å². The molecule has 2 heterocycles. The summed E-state index contributed by atoms with van der Waals surface area (Å²) in [6.45, 7) is 10.8. The summed E-state index contributed by atoms with van der Waals surface area (Å²) in [5.41, 5.74) is 6.20. The zero-order valence-electron chi connectivity index (χ0n) is 26.0. The summed E-state index contributed by atoms with van der Waals surface area (Å²) in [6, 6.07) is 3.08. The topological polar surface area (TPSA) is 152 Å². The molecule has 11 nitrogen and oxygen atoms in total. The summed E-state index contributed by atoms with van der Waals surface area (Å²) >= 11 is 0. The third-order valence-electron chi connectivity index (χ3n) is 9.54. The molecular formula is C30H57N8O3P. The van der Waals surface area contributed by atoms with Crippen molar-refractivity contribution in [3.63, 3.8) is 0 Å². The number of nitrogens with one attached hydrogen (secondary N) is 3. The highest BCUT2D eigenvalue weighted by Gasteiger charge is 2.31. The fourth-order valence-electron chi connectivity index (χ4n) is 7.15. The van der Waals surface area contributed by atoms with Crippen LogP contribution in [0.15, 0.2) is 6.07 Å². The van der Waals surface area contributed by atoms with E-state index in [-0.39, 0.29) is 18.2 Å². The fourth-order valence-corrected chi connectivity index (χ4v) is 7.70. The maximum Gasteiger partial charge on any atom is 0.325 e. The van der Waals surface area contributed by atoms with E-state index in [1.54, 1.807) is 0 Å². The van der Waals surface area contributed by atoms with E-state index in [9.17, 15) is 14.4 Å². The van der Waals surface area contributed by atoms with E-state index >= 15 is 0 Å². The Morgan fingerprint density at radius 1 is 0.929 bits per heavy atom. The first-order valence-corrected chi connectivity index (χ1v) is 18.3. The van der Waals surface area contributed by atoms with Crippen LogP contribution in [-0.2, 0) is 4.57 Å². The van der Waals surface area contributed by atoms with Gasteiger partial charge in [-0.1, -0.05) is 19.3 Å². The van der Waals surface area contributed by atoms with Crippen LogP contribution in [0.2, 0.25) is 0 Å². The van der Waals surface area contributed by atoms with Crippen molar-refractivity contribution in [2.24, 2.45) is 11.8 Å². The highest BCUT2D eigenvalue weighted by Crippen LogP contribution is 2.35. The Bertz CT molecular complexity index is 971. The Hall–Kier alpha value is -1.49. The molecular weight excluding hydrogens is 551 g/mol. The van der Waals surface area contributed by atoms with Gasteiger partial charge >= 0.3 is 7.60 Å². The predicted molar refractivity (Wildman–Crippen MR) is 172 cm³/mol. The molecule has 1 aromatic heterocycles. The van der Waals surface area contributed by atoms with E-state index in [4.69, 9.17) is 10.7 Å². The van der Waals surface area contributed by atoms with Crippen molar-refractivity contribution in [3.8, 4) is 0 Å². The van der Waals surface area contributed by atoms with Crippen molar-refractivity contribution in [1.29, 1.82) is 0 Å². The van der Waals surface area contributed by atoms with Gasteiger partial charge in [-0.3, -0.25) is 9.46 Å². The van der Waals surface area contributed by atoms with E-state index in [2.05, 4.69) is 44.6 Å². The first-order chi connectivity index (χ1) is 20.2. The van der Waals surface area contributed by atoms with Gasteiger partial charge in [0.15, 0.2) is 0 Å². The summed E-state index contributed by atoms with van der Waals surface area (Å²) in [5, 5.41) is 10.9. The molecule has 1 saturated heterocycles. The smallest absolute Gasteiger partial charge is 0.325 e. The van der Waals surface area contributed by atoms with E-state index in [1.807, 2.05) is 6.07 Å². The first-order valence-electron chi connectivity index (χ1n) is 16.5. The Balaban J connectivity index is 1.13. The molecule has 0 radical (unpaired) electrons. The number of aromatic nitrogens is 2. The van der Waals surface area contributed by atoms with Gasteiger partial charge in [-0.25, -0.2) is 0 Å². The number of nitrogens with zero attached hydrogens (tertiary/aromatic N) is 4. The lowest BCUT2D eigenvalue weighted by Gasteiger charge is -2.45. The second kappa shape index (κ2) is 16.5. The van der Waals surface area contributed by atoms with Crippen LogP contribution in [0, 0.1) is 11.8 Å². The SMILES string of the molecule is CC1CN(c2cc(N)nc(NC[C@H]3CC[C@H](CNCCCNC4CCCCC4)CC3)n2)CC(C)N1CCCP(=O)(O)O. The standard InChI is InChI=1S/C30H57N8O3P/c1-23-21-37(22-24(2)38(23)16-7-17-42(39,40)41)29-18-28(31)35-30(36-29)34-20-26-12-10-25(11-13-26)19-32-14-6-15-33-27-8-4-3-5-9-27/h18,23-27,32-33H,3-17,19-22H2,1-2H3,(H2,39,40,41)(H3,31,34,35,36)/t23?,24?,25-,26-. The Morgan fingerprint density at radius 3 is 2.26 bits per heavy atom. The largest absolute Gasteiger partial charge is 0.383 e. The van der Waals surface area contributed by atoms with Crippen LogP contribution in [-0.4, -0.2) is 94.8 Å². The average Bonchev–Trinajstić information content (AvgIpc) is 2.95. The minimum Gasteiger partial charge on any atom is -0.383 e. The van der Waals surface area contributed by atoms with Crippen molar-refractivity contribution in [2.45, 2.75) is 103 Å².